The molecular weight excluding hydrogens is 212 g/mol. The molecule has 1 unspecified atom stereocenters. The summed E-state index contributed by atoms with van der Waals surface area (Å²) in [6.07, 6.45) is 4.84. The highest BCUT2D eigenvalue weighted by molar-refractivity contribution is 6.30. The zero-order valence-corrected chi connectivity index (χ0v) is 8.94. The van der Waals surface area contributed by atoms with Crippen molar-refractivity contribution in [2.45, 2.75) is 12.3 Å². The number of hydrogen-bond acceptors (Lipinski definition) is 2. The molecule has 15 heavy (non-hydrogen) atoms. The minimum absolute atomic E-state index is 0.408. The number of pyridine rings is 1. The van der Waals surface area contributed by atoms with Crippen LogP contribution in [0.25, 0.3) is 5.52 Å². The summed E-state index contributed by atoms with van der Waals surface area (Å²) in [6, 6.07) is 3.86. The first-order valence-corrected chi connectivity index (χ1v) is 5.42. The Bertz CT molecular complexity index is 488. The lowest BCUT2D eigenvalue weighted by Crippen LogP contribution is -2.03. The van der Waals surface area contributed by atoms with Crippen LogP contribution in [0, 0.1) is 0 Å². The second kappa shape index (κ2) is 3.51. The topological polar surface area (TPSA) is 26.5 Å². The third-order valence-corrected chi connectivity index (χ3v) is 3.04. The van der Waals surface area contributed by atoms with Crippen LogP contribution in [0.3, 0.4) is 0 Å². The molecule has 1 atom stereocenters. The highest BCUT2D eigenvalue weighted by atomic mass is 35.5. The van der Waals surface area contributed by atoms with E-state index in [2.05, 4.69) is 9.38 Å². The molecule has 2 aromatic rings. The number of fused-ring (bicyclic) bond motifs is 1. The molecule has 0 N–H and O–H groups in total. The highest BCUT2D eigenvalue weighted by Crippen LogP contribution is 2.25. The minimum atomic E-state index is 0.408. The van der Waals surface area contributed by atoms with Crippen LogP contribution in [-0.4, -0.2) is 22.6 Å². The maximum atomic E-state index is 5.97. The number of aromatic nitrogens is 2. The lowest BCUT2D eigenvalue weighted by Gasteiger charge is -2.06. The van der Waals surface area contributed by atoms with Crippen LogP contribution in [0.4, 0.5) is 0 Å². The minimum Gasteiger partial charge on any atom is -0.381 e. The Morgan fingerprint density at radius 2 is 2.40 bits per heavy atom. The van der Waals surface area contributed by atoms with Crippen molar-refractivity contribution < 1.29 is 4.74 Å². The number of imidazole rings is 1. The van der Waals surface area contributed by atoms with Crippen LogP contribution >= 0.6 is 11.6 Å². The van der Waals surface area contributed by atoms with Crippen molar-refractivity contribution in [2.75, 3.05) is 13.2 Å². The summed E-state index contributed by atoms with van der Waals surface area (Å²) in [5, 5.41) is 0.737. The van der Waals surface area contributed by atoms with Gasteiger partial charge < -0.3 is 9.14 Å². The van der Waals surface area contributed by atoms with Gasteiger partial charge in [-0.3, -0.25) is 0 Å². The Morgan fingerprint density at radius 3 is 3.20 bits per heavy atom. The summed E-state index contributed by atoms with van der Waals surface area (Å²) in [5.41, 5.74) is 1.08. The molecule has 4 heteroatoms. The molecule has 0 spiro atoms. The zero-order valence-electron chi connectivity index (χ0n) is 8.19. The average molecular weight is 223 g/mol. The molecule has 0 saturated carbocycles. The molecule has 0 aliphatic carbocycles. The molecule has 1 aliphatic heterocycles. The lowest BCUT2D eigenvalue weighted by atomic mass is 10.1. The van der Waals surface area contributed by atoms with Crippen molar-refractivity contribution in [3.63, 3.8) is 0 Å². The first-order chi connectivity index (χ1) is 7.34. The fourth-order valence-electron chi connectivity index (χ4n) is 2.02. The van der Waals surface area contributed by atoms with Crippen LogP contribution in [0.5, 0.6) is 0 Å². The Labute approximate surface area is 92.6 Å². The van der Waals surface area contributed by atoms with E-state index >= 15 is 0 Å². The van der Waals surface area contributed by atoms with E-state index in [9.17, 15) is 0 Å². The van der Waals surface area contributed by atoms with Crippen LogP contribution in [-0.2, 0) is 4.74 Å². The van der Waals surface area contributed by atoms with Crippen LogP contribution in [0.2, 0.25) is 5.02 Å². The molecule has 0 bridgehead atoms. The molecule has 2 aromatic heterocycles. The Balaban J connectivity index is 2.13. The van der Waals surface area contributed by atoms with Gasteiger partial charge in [0.2, 0.25) is 0 Å². The molecular formula is C11H11ClN2O. The van der Waals surface area contributed by atoms with E-state index in [0.29, 0.717) is 5.92 Å². The quantitative estimate of drug-likeness (QED) is 0.741. The van der Waals surface area contributed by atoms with E-state index < -0.39 is 0 Å². The van der Waals surface area contributed by atoms with Gasteiger partial charge in [0.05, 0.1) is 23.3 Å². The fraction of sp³-hybridized carbons (Fsp3) is 0.364. The van der Waals surface area contributed by atoms with Crippen LogP contribution in [0.15, 0.2) is 24.5 Å². The van der Waals surface area contributed by atoms with Crippen molar-refractivity contribution in [1.82, 2.24) is 9.38 Å². The summed E-state index contributed by atoms with van der Waals surface area (Å²) in [6.45, 7) is 1.60. The van der Waals surface area contributed by atoms with E-state index in [0.717, 1.165) is 36.0 Å². The number of nitrogens with zero attached hydrogens (tertiary/aromatic N) is 2. The zero-order chi connectivity index (χ0) is 10.3. The lowest BCUT2D eigenvalue weighted by molar-refractivity contribution is 0.193. The van der Waals surface area contributed by atoms with Crippen molar-refractivity contribution in [2.24, 2.45) is 0 Å². The number of ether oxygens (including phenoxy) is 1. The Kier molecular flexibility index (Phi) is 2.15. The molecule has 3 heterocycles. The summed E-state index contributed by atoms with van der Waals surface area (Å²) in [7, 11) is 0. The monoisotopic (exact) mass is 222 g/mol. The maximum Gasteiger partial charge on any atom is 0.118 e. The van der Waals surface area contributed by atoms with E-state index in [1.807, 2.05) is 24.5 Å². The molecule has 3 nitrogen and oxygen atoms in total. The molecule has 0 aromatic carbocycles. The number of hydrogen-bond donors (Lipinski definition) is 0. The van der Waals surface area contributed by atoms with Crippen molar-refractivity contribution >= 4 is 17.1 Å². The Morgan fingerprint density at radius 1 is 1.47 bits per heavy atom. The second-order valence-corrected chi connectivity index (χ2v) is 4.26. The number of halogens is 1. The molecule has 0 amide bonds. The van der Waals surface area contributed by atoms with Crippen molar-refractivity contribution in [3.05, 3.63) is 35.4 Å². The SMILES string of the molecule is Clc1ccc2cnc(C3CCOC3)n2c1. The van der Waals surface area contributed by atoms with E-state index in [1.54, 1.807) is 0 Å². The summed E-state index contributed by atoms with van der Waals surface area (Å²) >= 11 is 5.97. The van der Waals surface area contributed by atoms with Gasteiger partial charge in [-0.25, -0.2) is 4.98 Å². The van der Waals surface area contributed by atoms with Gasteiger partial charge in [-0.15, -0.1) is 0 Å². The molecule has 3 rings (SSSR count). The maximum absolute atomic E-state index is 5.97. The van der Waals surface area contributed by atoms with Gasteiger partial charge in [-0.05, 0) is 18.6 Å². The highest BCUT2D eigenvalue weighted by Gasteiger charge is 2.21. The molecule has 1 aliphatic rings. The molecule has 0 radical (unpaired) electrons. The van der Waals surface area contributed by atoms with E-state index in [-0.39, 0.29) is 0 Å². The van der Waals surface area contributed by atoms with Gasteiger partial charge in [-0.1, -0.05) is 11.6 Å². The normalized spacial score (nSPS) is 21.3. The summed E-state index contributed by atoms with van der Waals surface area (Å²) in [5.74, 6) is 1.47. The van der Waals surface area contributed by atoms with Gasteiger partial charge in [0.15, 0.2) is 0 Å². The number of rotatable bonds is 1. The smallest absolute Gasteiger partial charge is 0.118 e. The first-order valence-electron chi connectivity index (χ1n) is 5.05. The standard InChI is InChI=1S/C11H11ClN2O/c12-9-1-2-10-5-13-11(14(10)6-9)8-3-4-15-7-8/h1-2,5-6,8H,3-4,7H2. The summed E-state index contributed by atoms with van der Waals surface area (Å²) in [4.78, 5) is 4.44. The van der Waals surface area contributed by atoms with Crippen LogP contribution in [0.1, 0.15) is 18.2 Å². The third-order valence-electron chi connectivity index (χ3n) is 2.81. The average Bonchev–Trinajstić information content (AvgIpc) is 2.83. The van der Waals surface area contributed by atoms with Crippen molar-refractivity contribution in [1.29, 1.82) is 0 Å². The van der Waals surface area contributed by atoms with Crippen molar-refractivity contribution in [3.8, 4) is 0 Å². The van der Waals surface area contributed by atoms with Gasteiger partial charge in [-0.2, -0.15) is 0 Å². The predicted octanol–water partition coefficient (Wildman–Crippen LogP) is 2.49. The largest absolute Gasteiger partial charge is 0.381 e. The Hall–Kier alpha value is -1.06. The van der Waals surface area contributed by atoms with Gasteiger partial charge in [0.1, 0.15) is 5.82 Å². The van der Waals surface area contributed by atoms with Gasteiger partial charge in [0, 0.05) is 18.7 Å². The molecule has 1 fully saturated rings. The van der Waals surface area contributed by atoms with Gasteiger partial charge >= 0.3 is 0 Å². The van der Waals surface area contributed by atoms with Crippen LogP contribution < -0.4 is 0 Å². The first kappa shape index (κ1) is 9.19. The summed E-state index contributed by atoms with van der Waals surface area (Å²) < 4.78 is 7.43. The predicted molar refractivity (Wildman–Crippen MR) is 58.4 cm³/mol. The van der Waals surface area contributed by atoms with Gasteiger partial charge in [0.25, 0.3) is 0 Å². The van der Waals surface area contributed by atoms with E-state index in [1.165, 1.54) is 0 Å². The second-order valence-electron chi connectivity index (χ2n) is 3.82. The molecule has 78 valence electrons. The van der Waals surface area contributed by atoms with E-state index in [4.69, 9.17) is 16.3 Å². The molecule has 1 saturated heterocycles. The fourth-order valence-corrected chi connectivity index (χ4v) is 2.19. The third kappa shape index (κ3) is 1.52.